The number of nitro groups is 1. The highest BCUT2D eigenvalue weighted by atomic mass is 79.9. The lowest BCUT2D eigenvalue weighted by molar-refractivity contribution is -0.384. The van der Waals surface area contributed by atoms with E-state index in [2.05, 4.69) is 35.5 Å². The van der Waals surface area contributed by atoms with Crippen LogP contribution in [0.4, 0.5) is 17.3 Å². The third-order valence-electron chi connectivity index (χ3n) is 4.08. The van der Waals surface area contributed by atoms with E-state index in [1.54, 1.807) is 6.20 Å². The summed E-state index contributed by atoms with van der Waals surface area (Å²) in [5.41, 5.74) is -0.149. The average Bonchev–Trinajstić information content (AvgIpc) is 2.67. The Bertz CT molecular complexity index is 822. The lowest BCUT2D eigenvalue weighted by Crippen LogP contribution is -2.47. The number of aromatic nitrogens is 2. The zero-order valence-corrected chi connectivity index (χ0v) is 15.5. The second-order valence-electron chi connectivity index (χ2n) is 5.62. The molecule has 1 aliphatic heterocycles. The van der Waals surface area contributed by atoms with Gasteiger partial charge in [0.25, 0.3) is 0 Å². The van der Waals surface area contributed by atoms with Crippen molar-refractivity contribution in [3.63, 3.8) is 0 Å². The second-order valence-corrected chi connectivity index (χ2v) is 6.54. The second kappa shape index (κ2) is 7.65. The van der Waals surface area contributed by atoms with Crippen molar-refractivity contribution in [3.05, 3.63) is 50.7 Å². The van der Waals surface area contributed by atoms with Crippen LogP contribution in [0.25, 0.3) is 0 Å². The van der Waals surface area contributed by atoms with E-state index < -0.39 is 10.9 Å². The number of hydrogen-bond acceptors (Lipinski definition) is 8. The summed E-state index contributed by atoms with van der Waals surface area (Å²) in [4.78, 5) is 34.9. The number of hydrogen-bond donors (Lipinski definition) is 0. The Morgan fingerprint density at radius 3 is 2.46 bits per heavy atom. The fourth-order valence-electron chi connectivity index (χ4n) is 2.76. The van der Waals surface area contributed by atoms with Crippen molar-refractivity contribution in [2.75, 3.05) is 43.1 Å². The normalized spacial score (nSPS) is 14.2. The molecule has 0 amide bonds. The van der Waals surface area contributed by atoms with Gasteiger partial charge in [0.2, 0.25) is 5.82 Å². The fraction of sp³-hybridized carbons (Fsp3) is 0.312. The standard InChI is InChI=1S/C16H16BrN5O4/c1-26-16(23)11-8-13(22(24)25)15(19-9-11)21-6-4-20(5-7-21)14-3-2-12(17)10-18-14/h2-3,8-10H,4-7H2,1H3. The maximum absolute atomic E-state index is 11.6. The minimum atomic E-state index is -0.654. The number of piperazine rings is 1. The Morgan fingerprint density at radius 2 is 1.88 bits per heavy atom. The maximum Gasteiger partial charge on any atom is 0.339 e. The minimum Gasteiger partial charge on any atom is -0.465 e. The van der Waals surface area contributed by atoms with Gasteiger partial charge in [0, 0.05) is 49.1 Å². The number of ether oxygens (including phenoxy) is 1. The van der Waals surface area contributed by atoms with Crippen LogP contribution in [-0.4, -0.2) is 54.1 Å². The molecule has 1 aliphatic rings. The molecule has 0 N–H and O–H groups in total. The van der Waals surface area contributed by atoms with Gasteiger partial charge in [-0.1, -0.05) is 0 Å². The quantitative estimate of drug-likeness (QED) is 0.420. The summed E-state index contributed by atoms with van der Waals surface area (Å²) in [7, 11) is 1.22. The van der Waals surface area contributed by atoms with Gasteiger partial charge in [-0.2, -0.15) is 0 Å². The average molecular weight is 422 g/mol. The molecule has 9 nitrogen and oxygen atoms in total. The Balaban J connectivity index is 1.77. The first-order valence-electron chi connectivity index (χ1n) is 7.84. The van der Waals surface area contributed by atoms with E-state index in [1.165, 1.54) is 19.4 Å². The molecule has 26 heavy (non-hydrogen) atoms. The summed E-state index contributed by atoms with van der Waals surface area (Å²) < 4.78 is 5.50. The van der Waals surface area contributed by atoms with Gasteiger partial charge in [-0.15, -0.1) is 0 Å². The van der Waals surface area contributed by atoms with E-state index in [9.17, 15) is 14.9 Å². The lowest BCUT2D eigenvalue weighted by atomic mass is 10.2. The Morgan fingerprint density at radius 1 is 1.19 bits per heavy atom. The molecule has 0 spiro atoms. The molecule has 0 aromatic carbocycles. The molecule has 0 radical (unpaired) electrons. The number of carbonyl (C=O) groups excluding carboxylic acids is 1. The molecule has 3 heterocycles. The molecule has 1 saturated heterocycles. The van der Waals surface area contributed by atoms with Gasteiger partial charge in [0.1, 0.15) is 5.82 Å². The number of rotatable bonds is 4. The lowest BCUT2D eigenvalue weighted by Gasteiger charge is -2.35. The van der Waals surface area contributed by atoms with Gasteiger partial charge in [-0.3, -0.25) is 10.1 Å². The van der Waals surface area contributed by atoms with Crippen molar-refractivity contribution in [3.8, 4) is 0 Å². The summed E-state index contributed by atoms with van der Waals surface area (Å²) in [6.07, 6.45) is 3.04. The van der Waals surface area contributed by atoms with Crippen LogP contribution in [0.2, 0.25) is 0 Å². The van der Waals surface area contributed by atoms with Crippen LogP contribution in [0.1, 0.15) is 10.4 Å². The predicted octanol–water partition coefficient (Wildman–Crippen LogP) is 2.26. The topological polar surface area (TPSA) is 102 Å². The van der Waals surface area contributed by atoms with Crippen LogP contribution in [0.5, 0.6) is 0 Å². The van der Waals surface area contributed by atoms with Crippen LogP contribution >= 0.6 is 15.9 Å². The molecule has 3 rings (SSSR count). The van der Waals surface area contributed by atoms with E-state index in [1.807, 2.05) is 17.0 Å². The fourth-order valence-corrected chi connectivity index (χ4v) is 2.99. The molecule has 0 unspecified atom stereocenters. The molecule has 2 aromatic heterocycles. The first-order valence-corrected chi connectivity index (χ1v) is 8.63. The van der Waals surface area contributed by atoms with Crippen LogP contribution in [0.3, 0.4) is 0 Å². The smallest absolute Gasteiger partial charge is 0.339 e. The van der Waals surface area contributed by atoms with Crippen molar-refractivity contribution in [2.45, 2.75) is 0 Å². The van der Waals surface area contributed by atoms with Crippen LogP contribution < -0.4 is 9.80 Å². The van der Waals surface area contributed by atoms with E-state index in [0.29, 0.717) is 26.2 Å². The van der Waals surface area contributed by atoms with Crippen LogP contribution in [0.15, 0.2) is 35.1 Å². The molecule has 10 heteroatoms. The highest BCUT2D eigenvalue weighted by Gasteiger charge is 2.27. The highest BCUT2D eigenvalue weighted by molar-refractivity contribution is 9.10. The van der Waals surface area contributed by atoms with Gasteiger partial charge in [-0.05, 0) is 28.1 Å². The third kappa shape index (κ3) is 3.74. The zero-order chi connectivity index (χ0) is 18.7. The van der Waals surface area contributed by atoms with E-state index in [0.717, 1.165) is 10.3 Å². The van der Waals surface area contributed by atoms with Gasteiger partial charge in [0.15, 0.2) is 0 Å². The Kier molecular flexibility index (Phi) is 5.31. The summed E-state index contributed by atoms with van der Waals surface area (Å²) in [6.45, 7) is 2.44. The molecule has 2 aromatic rings. The van der Waals surface area contributed by atoms with Gasteiger partial charge in [-0.25, -0.2) is 14.8 Å². The van der Waals surface area contributed by atoms with E-state index in [4.69, 9.17) is 0 Å². The van der Waals surface area contributed by atoms with E-state index in [-0.39, 0.29) is 17.1 Å². The molecule has 0 atom stereocenters. The molecule has 0 saturated carbocycles. The summed E-state index contributed by atoms with van der Waals surface area (Å²) >= 11 is 3.36. The molecule has 1 fully saturated rings. The molecule has 0 bridgehead atoms. The number of anilines is 2. The Labute approximate surface area is 157 Å². The van der Waals surface area contributed by atoms with Crippen molar-refractivity contribution in [1.29, 1.82) is 0 Å². The van der Waals surface area contributed by atoms with E-state index >= 15 is 0 Å². The van der Waals surface area contributed by atoms with Crippen LogP contribution in [0, 0.1) is 10.1 Å². The number of methoxy groups -OCH3 is 1. The molecular formula is C16H16BrN5O4. The first kappa shape index (κ1) is 18.1. The van der Waals surface area contributed by atoms with Crippen molar-refractivity contribution in [1.82, 2.24) is 9.97 Å². The zero-order valence-electron chi connectivity index (χ0n) is 14.0. The maximum atomic E-state index is 11.6. The Hall–Kier alpha value is -2.75. The largest absolute Gasteiger partial charge is 0.465 e. The summed E-state index contributed by atoms with van der Waals surface area (Å²) in [5, 5.41) is 11.4. The summed E-state index contributed by atoms with van der Waals surface area (Å²) in [5.74, 6) is 0.459. The molecule has 0 aliphatic carbocycles. The first-order chi connectivity index (χ1) is 12.5. The van der Waals surface area contributed by atoms with Gasteiger partial charge in [0.05, 0.1) is 17.6 Å². The SMILES string of the molecule is COC(=O)c1cnc(N2CCN(c3ccc(Br)cn3)CC2)c([N+](=O)[O-])c1. The van der Waals surface area contributed by atoms with Crippen molar-refractivity contribution >= 4 is 39.2 Å². The minimum absolute atomic E-state index is 0.0562. The van der Waals surface area contributed by atoms with Crippen molar-refractivity contribution < 1.29 is 14.5 Å². The number of esters is 1. The number of carbonyl (C=O) groups is 1. The van der Waals surface area contributed by atoms with Crippen LogP contribution in [-0.2, 0) is 4.74 Å². The molecular weight excluding hydrogens is 406 g/mol. The predicted molar refractivity (Wildman–Crippen MR) is 98.6 cm³/mol. The number of halogens is 1. The summed E-state index contributed by atoms with van der Waals surface area (Å²) in [6, 6.07) is 5.05. The highest BCUT2D eigenvalue weighted by Crippen LogP contribution is 2.28. The molecule has 136 valence electrons. The van der Waals surface area contributed by atoms with Gasteiger partial charge >= 0.3 is 11.7 Å². The van der Waals surface area contributed by atoms with Crippen molar-refractivity contribution in [2.24, 2.45) is 0 Å². The monoisotopic (exact) mass is 421 g/mol. The van der Waals surface area contributed by atoms with Gasteiger partial charge < -0.3 is 14.5 Å². The number of pyridine rings is 2. The number of nitrogens with zero attached hydrogens (tertiary/aromatic N) is 5. The third-order valence-corrected chi connectivity index (χ3v) is 4.55.